The second kappa shape index (κ2) is 9.17. The molecule has 2 heterocycles. The SMILES string of the molecule is O=C(c1ccccc1)c1ccc(OCC(=O)N2CCN(c3cccnn3)CC2)cc1. The van der Waals surface area contributed by atoms with Gasteiger partial charge < -0.3 is 14.5 Å². The predicted molar refractivity (Wildman–Crippen MR) is 113 cm³/mol. The lowest BCUT2D eigenvalue weighted by atomic mass is 10.0. The molecular weight excluding hydrogens is 380 g/mol. The van der Waals surface area contributed by atoms with E-state index in [0.29, 0.717) is 43.1 Å². The number of rotatable bonds is 6. The monoisotopic (exact) mass is 402 g/mol. The van der Waals surface area contributed by atoms with E-state index < -0.39 is 0 Å². The van der Waals surface area contributed by atoms with Crippen molar-refractivity contribution >= 4 is 17.5 Å². The summed E-state index contributed by atoms with van der Waals surface area (Å²) in [5.41, 5.74) is 1.22. The van der Waals surface area contributed by atoms with E-state index in [2.05, 4.69) is 15.1 Å². The van der Waals surface area contributed by atoms with E-state index >= 15 is 0 Å². The van der Waals surface area contributed by atoms with Gasteiger partial charge in [0.1, 0.15) is 5.75 Å². The highest BCUT2D eigenvalue weighted by Crippen LogP contribution is 2.16. The number of nitrogens with zero attached hydrogens (tertiary/aromatic N) is 4. The van der Waals surface area contributed by atoms with Crippen LogP contribution in [0, 0.1) is 0 Å². The van der Waals surface area contributed by atoms with Crippen molar-refractivity contribution in [2.75, 3.05) is 37.7 Å². The summed E-state index contributed by atoms with van der Waals surface area (Å²) in [6.45, 7) is 2.62. The normalized spacial score (nSPS) is 13.7. The molecule has 0 radical (unpaired) electrons. The second-order valence-corrected chi connectivity index (χ2v) is 6.96. The van der Waals surface area contributed by atoms with Crippen LogP contribution in [0.2, 0.25) is 0 Å². The Bertz CT molecular complexity index is 986. The van der Waals surface area contributed by atoms with Gasteiger partial charge in [0.2, 0.25) is 0 Å². The van der Waals surface area contributed by atoms with Crippen molar-refractivity contribution < 1.29 is 14.3 Å². The van der Waals surface area contributed by atoms with Gasteiger partial charge in [-0.15, -0.1) is 5.10 Å². The zero-order chi connectivity index (χ0) is 20.8. The summed E-state index contributed by atoms with van der Waals surface area (Å²) >= 11 is 0. The molecule has 2 aromatic carbocycles. The van der Waals surface area contributed by atoms with Gasteiger partial charge in [0.25, 0.3) is 5.91 Å². The van der Waals surface area contributed by atoms with E-state index in [0.717, 1.165) is 5.82 Å². The number of carbonyl (C=O) groups is 2. The number of piperazine rings is 1. The first kappa shape index (κ1) is 19.6. The summed E-state index contributed by atoms with van der Waals surface area (Å²) in [6.07, 6.45) is 1.64. The zero-order valence-corrected chi connectivity index (χ0v) is 16.5. The summed E-state index contributed by atoms with van der Waals surface area (Å²) in [5.74, 6) is 1.29. The Morgan fingerprint density at radius 2 is 1.53 bits per heavy atom. The van der Waals surface area contributed by atoms with Crippen molar-refractivity contribution in [1.82, 2.24) is 15.1 Å². The minimum absolute atomic E-state index is 0.0306. The Morgan fingerprint density at radius 3 is 2.20 bits per heavy atom. The van der Waals surface area contributed by atoms with Gasteiger partial charge in [0.15, 0.2) is 18.2 Å². The fourth-order valence-electron chi connectivity index (χ4n) is 3.34. The summed E-state index contributed by atoms with van der Waals surface area (Å²) in [5, 5.41) is 8.01. The highest BCUT2D eigenvalue weighted by molar-refractivity contribution is 6.08. The van der Waals surface area contributed by atoms with Crippen molar-refractivity contribution in [2.45, 2.75) is 0 Å². The Hall–Kier alpha value is -3.74. The third-order valence-electron chi connectivity index (χ3n) is 5.03. The maximum absolute atomic E-state index is 12.5. The largest absolute Gasteiger partial charge is 0.484 e. The molecule has 1 saturated heterocycles. The fourth-order valence-corrected chi connectivity index (χ4v) is 3.34. The maximum atomic E-state index is 12.5. The standard InChI is InChI=1S/C23H22N4O3/c28-22(27-15-13-26(14-16-27)21-7-4-12-24-25-21)17-30-20-10-8-19(9-11-20)23(29)18-5-2-1-3-6-18/h1-12H,13-17H2. The minimum Gasteiger partial charge on any atom is -0.484 e. The van der Waals surface area contributed by atoms with Gasteiger partial charge >= 0.3 is 0 Å². The van der Waals surface area contributed by atoms with E-state index in [1.165, 1.54) is 0 Å². The first-order chi connectivity index (χ1) is 14.7. The van der Waals surface area contributed by atoms with Crippen LogP contribution in [0.25, 0.3) is 0 Å². The van der Waals surface area contributed by atoms with Gasteiger partial charge in [0, 0.05) is 43.5 Å². The number of amides is 1. The second-order valence-electron chi connectivity index (χ2n) is 6.96. The average Bonchev–Trinajstić information content (AvgIpc) is 2.83. The van der Waals surface area contributed by atoms with Crippen molar-refractivity contribution in [1.29, 1.82) is 0 Å². The molecule has 1 amide bonds. The summed E-state index contributed by atoms with van der Waals surface area (Å²) in [6, 6.07) is 19.8. The van der Waals surface area contributed by atoms with Crippen molar-refractivity contribution in [2.24, 2.45) is 0 Å². The van der Waals surface area contributed by atoms with Crippen molar-refractivity contribution in [3.8, 4) is 5.75 Å². The Kier molecular flexibility index (Phi) is 5.98. The molecule has 3 aromatic rings. The smallest absolute Gasteiger partial charge is 0.260 e. The Balaban J connectivity index is 1.27. The summed E-state index contributed by atoms with van der Waals surface area (Å²) in [7, 11) is 0. The first-order valence-electron chi connectivity index (χ1n) is 9.84. The molecule has 1 fully saturated rings. The molecule has 0 unspecified atom stereocenters. The number of hydrogen-bond acceptors (Lipinski definition) is 6. The van der Waals surface area contributed by atoms with Crippen LogP contribution in [-0.4, -0.2) is 59.6 Å². The molecule has 1 aliphatic heterocycles. The number of benzene rings is 2. The number of carbonyl (C=O) groups excluding carboxylic acids is 2. The first-order valence-corrected chi connectivity index (χ1v) is 9.84. The quantitative estimate of drug-likeness (QED) is 0.590. The third-order valence-corrected chi connectivity index (χ3v) is 5.03. The lowest BCUT2D eigenvalue weighted by Crippen LogP contribution is -2.50. The van der Waals surface area contributed by atoms with E-state index in [4.69, 9.17) is 4.74 Å². The van der Waals surface area contributed by atoms with Crippen LogP contribution < -0.4 is 9.64 Å². The third kappa shape index (κ3) is 4.63. The predicted octanol–water partition coefficient (Wildman–Crippen LogP) is 2.44. The minimum atomic E-state index is -0.0572. The maximum Gasteiger partial charge on any atom is 0.260 e. The lowest BCUT2D eigenvalue weighted by molar-refractivity contribution is -0.133. The van der Waals surface area contributed by atoms with Gasteiger partial charge in [-0.3, -0.25) is 9.59 Å². The number of hydrogen-bond donors (Lipinski definition) is 0. The van der Waals surface area contributed by atoms with Crippen LogP contribution in [0.1, 0.15) is 15.9 Å². The van der Waals surface area contributed by atoms with Gasteiger partial charge in [0.05, 0.1) is 0 Å². The van der Waals surface area contributed by atoms with Crippen LogP contribution in [-0.2, 0) is 4.79 Å². The average molecular weight is 402 g/mol. The number of aromatic nitrogens is 2. The van der Waals surface area contributed by atoms with Gasteiger partial charge in [-0.05, 0) is 36.4 Å². The number of ketones is 1. The molecule has 0 N–H and O–H groups in total. The molecule has 0 atom stereocenters. The summed E-state index contributed by atoms with van der Waals surface area (Å²) < 4.78 is 5.63. The van der Waals surface area contributed by atoms with Gasteiger partial charge in [-0.2, -0.15) is 5.10 Å². The van der Waals surface area contributed by atoms with E-state index in [9.17, 15) is 9.59 Å². The summed E-state index contributed by atoms with van der Waals surface area (Å²) in [4.78, 5) is 28.8. The van der Waals surface area contributed by atoms with E-state index in [-0.39, 0.29) is 18.3 Å². The highest BCUT2D eigenvalue weighted by Gasteiger charge is 2.22. The van der Waals surface area contributed by atoms with Crippen molar-refractivity contribution in [3.05, 3.63) is 84.1 Å². The van der Waals surface area contributed by atoms with E-state index in [1.807, 2.05) is 30.3 Å². The van der Waals surface area contributed by atoms with E-state index in [1.54, 1.807) is 47.5 Å². The molecule has 0 saturated carbocycles. The number of ether oxygens (including phenoxy) is 1. The Labute approximate surface area is 174 Å². The van der Waals surface area contributed by atoms with Crippen LogP contribution in [0.5, 0.6) is 5.75 Å². The Morgan fingerprint density at radius 1 is 0.833 bits per heavy atom. The molecule has 7 heteroatoms. The molecular formula is C23H22N4O3. The van der Waals surface area contributed by atoms with Crippen LogP contribution in [0.15, 0.2) is 72.9 Å². The highest BCUT2D eigenvalue weighted by atomic mass is 16.5. The molecule has 4 rings (SSSR count). The number of anilines is 1. The molecule has 30 heavy (non-hydrogen) atoms. The lowest BCUT2D eigenvalue weighted by Gasteiger charge is -2.35. The van der Waals surface area contributed by atoms with Crippen LogP contribution >= 0.6 is 0 Å². The molecule has 0 spiro atoms. The molecule has 1 aromatic heterocycles. The molecule has 0 aliphatic carbocycles. The zero-order valence-electron chi connectivity index (χ0n) is 16.5. The van der Waals surface area contributed by atoms with Crippen LogP contribution in [0.4, 0.5) is 5.82 Å². The fraction of sp³-hybridized carbons (Fsp3) is 0.217. The molecule has 7 nitrogen and oxygen atoms in total. The molecule has 0 bridgehead atoms. The molecule has 1 aliphatic rings. The van der Waals surface area contributed by atoms with Crippen molar-refractivity contribution in [3.63, 3.8) is 0 Å². The molecule has 152 valence electrons. The topological polar surface area (TPSA) is 75.6 Å². The van der Waals surface area contributed by atoms with Gasteiger partial charge in [-0.25, -0.2) is 0 Å². The van der Waals surface area contributed by atoms with Crippen LogP contribution in [0.3, 0.4) is 0 Å². The van der Waals surface area contributed by atoms with Gasteiger partial charge in [-0.1, -0.05) is 30.3 Å².